The van der Waals surface area contributed by atoms with E-state index in [9.17, 15) is 9.59 Å². The van der Waals surface area contributed by atoms with Gasteiger partial charge in [0.1, 0.15) is 0 Å². The molecule has 10 nitrogen and oxygen atoms in total. The number of hydrogen-bond donors (Lipinski definition) is 2. The fraction of sp³-hybridized carbons (Fsp3) is 0.500. The van der Waals surface area contributed by atoms with Gasteiger partial charge in [-0.2, -0.15) is 0 Å². The number of nitrogens with zero attached hydrogens (tertiary/aromatic N) is 6. The van der Waals surface area contributed by atoms with Crippen molar-refractivity contribution in [3.05, 3.63) is 83.2 Å². The summed E-state index contributed by atoms with van der Waals surface area (Å²) in [7, 11) is 3.55. The lowest BCUT2D eigenvalue weighted by Crippen LogP contribution is -2.46. The van der Waals surface area contributed by atoms with Crippen molar-refractivity contribution in [1.29, 1.82) is 0 Å². The van der Waals surface area contributed by atoms with E-state index in [1.165, 1.54) is 11.1 Å². The van der Waals surface area contributed by atoms with Crippen molar-refractivity contribution in [2.45, 2.75) is 81.2 Å². The predicted molar refractivity (Wildman–Crippen MR) is 216 cm³/mol. The number of aromatic nitrogens is 2. The molecule has 2 aromatic heterocycles. The van der Waals surface area contributed by atoms with Gasteiger partial charge in [0.25, 0.3) is 0 Å². The Hall–Kier alpha value is -4.54. The summed E-state index contributed by atoms with van der Waals surface area (Å²) in [4.78, 5) is 49.8. The molecule has 282 valence electrons. The molecule has 0 bridgehead atoms. The summed E-state index contributed by atoms with van der Waals surface area (Å²) in [6.07, 6.45) is 13.7. The van der Waals surface area contributed by atoms with Crippen LogP contribution in [-0.4, -0.2) is 95.4 Å². The molecule has 0 spiro atoms. The maximum absolute atomic E-state index is 14.1. The van der Waals surface area contributed by atoms with E-state index < -0.39 is 5.54 Å². The summed E-state index contributed by atoms with van der Waals surface area (Å²) in [5.74, 6) is 1.58. The Morgan fingerprint density at radius 3 is 1.91 bits per heavy atom. The minimum atomic E-state index is -0.514. The Kier molecular flexibility index (Phi) is 9.85. The van der Waals surface area contributed by atoms with Crippen LogP contribution in [0, 0.1) is 17.8 Å². The second-order valence-corrected chi connectivity index (χ2v) is 17.1. The highest BCUT2D eigenvalue weighted by atomic mass is 16.2. The van der Waals surface area contributed by atoms with Crippen LogP contribution in [0.5, 0.6) is 0 Å². The van der Waals surface area contributed by atoms with Crippen LogP contribution in [0.4, 0.5) is 0 Å². The van der Waals surface area contributed by atoms with Crippen molar-refractivity contribution in [2.75, 3.05) is 40.3 Å². The van der Waals surface area contributed by atoms with Gasteiger partial charge < -0.3 is 21.3 Å². The first-order valence-corrected chi connectivity index (χ1v) is 19.8. The van der Waals surface area contributed by atoms with Crippen LogP contribution in [0.15, 0.2) is 70.9 Å². The lowest BCUT2D eigenvalue weighted by atomic mass is 9.80. The summed E-state index contributed by atoms with van der Waals surface area (Å²) >= 11 is 0. The number of rotatable bonds is 10. The predicted octanol–water partition coefficient (Wildman–Crippen LogP) is 5.84. The Morgan fingerprint density at radius 1 is 0.778 bits per heavy atom. The number of aliphatic imine (C=N–C) groups is 2. The Morgan fingerprint density at radius 2 is 1.33 bits per heavy atom. The van der Waals surface area contributed by atoms with Crippen LogP contribution in [0.1, 0.15) is 92.4 Å². The zero-order valence-corrected chi connectivity index (χ0v) is 32.0. The van der Waals surface area contributed by atoms with Crippen molar-refractivity contribution in [1.82, 2.24) is 19.8 Å². The van der Waals surface area contributed by atoms with Gasteiger partial charge in [-0.3, -0.25) is 29.5 Å². The van der Waals surface area contributed by atoms with Gasteiger partial charge in [-0.1, -0.05) is 43.3 Å². The molecular weight excluding hydrogens is 673 g/mol. The SMILES string of the molecule is C/N=C\c1ccc([C@H]2C[C@H](CC3CC3(N)CC(=O)N3C[C@H](C)C[C@H](c4ccc(/C=N/C)c5ncccc45)C3)CN(C(=O)CC3(N)CC3)C2)c2cccnc12. The van der Waals surface area contributed by atoms with Gasteiger partial charge in [-0.05, 0) is 79.5 Å². The molecule has 4 heterocycles. The monoisotopic (exact) mass is 726 g/mol. The van der Waals surface area contributed by atoms with E-state index in [1.807, 2.05) is 37.0 Å². The summed E-state index contributed by atoms with van der Waals surface area (Å²) in [5.41, 5.74) is 19.0. The fourth-order valence-electron chi connectivity index (χ4n) is 9.70. The Balaban J connectivity index is 0.972. The second kappa shape index (κ2) is 14.6. The number of hydrogen-bond acceptors (Lipinski definition) is 8. The molecule has 8 rings (SSSR count). The van der Waals surface area contributed by atoms with Crippen LogP contribution in [0.3, 0.4) is 0 Å². The summed E-state index contributed by atoms with van der Waals surface area (Å²) in [5, 5.41) is 2.24. The van der Waals surface area contributed by atoms with E-state index in [0.29, 0.717) is 38.4 Å². The molecule has 2 aromatic carbocycles. The van der Waals surface area contributed by atoms with Gasteiger partial charge in [0, 0.05) is 123 Å². The molecule has 4 N–H and O–H groups in total. The quantitative estimate of drug-likeness (QED) is 0.197. The minimum absolute atomic E-state index is 0.150. The zero-order chi connectivity index (χ0) is 37.6. The van der Waals surface area contributed by atoms with E-state index in [0.717, 1.165) is 78.0 Å². The largest absolute Gasteiger partial charge is 0.342 e. The average molecular weight is 727 g/mol. The van der Waals surface area contributed by atoms with E-state index in [-0.39, 0.29) is 41.0 Å². The lowest BCUT2D eigenvalue weighted by Gasteiger charge is -2.39. The third kappa shape index (κ3) is 7.43. The molecule has 4 aliphatic rings. The maximum atomic E-state index is 14.1. The second-order valence-electron chi connectivity index (χ2n) is 17.1. The number of carbonyl (C=O) groups excluding carboxylic acids is 2. The van der Waals surface area contributed by atoms with Crippen LogP contribution in [-0.2, 0) is 9.59 Å². The molecule has 2 aliphatic heterocycles. The lowest BCUT2D eigenvalue weighted by molar-refractivity contribution is -0.134. The van der Waals surface area contributed by atoms with Crippen molar-refractivity contribution in [2.24, 2.45) is 39.2 Å². The van der Waals surface area contributed by atoms with Crippen molar-refractivity contribution < 1.29 is 9.59 Å². The first-order chi connectivity index (χ1) is 26.1. The number of likely N-dealkylation sites (tertiary alicyclic amines) is 2. The molecular formula is C44H54N8O2. The number of nitrogens with two attached hydrogens (primary N) is 2. The average Bonchev–Trinajstić information content (AvgIpc) is 4.06. The van der Waals surface area contributed by atoms with Crippen molar-refractivity contribution in [3.63, 3.8) is 0 Å². The van der Waals surface area contributed by atoms with Crippen LogP contribution >= 0.6 is 0 Å². The molecule has 0 radical (unpaired) electrons. The van der Waals surface area contributed by atoms with Gasteiger partial charge in [-0.15, -0.1) is 0 Å². The Labute approximate surface area is 318 Å². The minimum Gasteiger partial charge on any atom is -0.342 e. The fourth-order valence-corrected chi connectivity index (χ4v) is 9.70. The normalized spacial score (nSPS) is 28.0. The number of fused-ring (bicyclic) bond motifs is 2. The molecule has 2 unspecified atom stereocenters. The molecule has 2 aliphatic carbocycles. The topological polar surface area (TPSA) is 143 Å². The van der Waals surface area contributed by atoms with Gasteiger partial charge in [0.15, 0.2) is 0 Å². The van der Waals surface area contributed by atoms with E-state index in [4.69, 9.17) is 21.4 Å². The number of amides is 2. The van der Waals surface area contributed by atoms with Gasteiger partial charge in [0.05, 0.1) is 11.0 Å². The number of carbonyl (C=O) groups is 2. The highest BCUT2D eigenvalue weighted by Crippen LogP contribution is 2.50. The van der Waals surface area contributed by atoms with Crippen LogP contribution < -0.4 is 11.5 Å². The molecule has 4 aromatic rings. The van der Waals surface area contributed by atoms with E-state index in [2.05, 4.69) is 63.1 Å². The highest BCUT2D eigenvalue weighted by molar-refractivity contribution is 6.00. The van der Waals surface area contributed by atoms with Gasteiger partial charge in [-0.25, -0.2) is 0 Å². The number of piperidine rings is 2. The summed E-state index contributed by atoms with van der Waals surface area (Å²) in [6, 6.07) is 16.9. The Bertz CT molecular complexity index is 2130. The third-order valence-corrected chi connectivity index (χ3v) is 12.8. The van der Waals surface area contributed by atoms with Gasteiger partial charge >= 0.3 is 0 Å². The maximum Gasteiger partial charge on any atom is 0.224 e. The first-order valence-electron chi connectivity index (χ1n) is 19.8. The molecule has 2 saturated carbocycles. The van der Waals surface area contributed by atoms with Crippen molar-refractivity contribution >= 4 is 46.0 Å². The van der Waals surface area contributed by atoms with Crippen molar-refractivity contribution in [3.8, 4) is 0 Å². The van der Waals surface area contributed by atoms with Crippen LogP contribution in [0.25, 0.3) is 21.8 Å². The summed E-state index contributed by atoms with van der Waals surface area (Å²) in [6.45, 7) is 5.06. The van der Waals surface area contributed by atoms with Gasteiger partial charge in [0.2, 0.25) is 11.8 Å². The first kappa shape index (κ1) is 36.4. The highest BCUT2D eigenvalue weighted by Gasteiger charge is 2.54. The molecule has 6 atom stereocenters. The molecule has 2 saturated heterocycles. The smallest absolute Gasteiger partial charge is 0.224 e. The number of benzene rings is 2. The standard InChI is InChI=1S/C44H54N8O2/c1-28-16-32(35-10-8-30(22-47-2)41-37(35)6-4-14-49-41)26-51(24-28)40(54)21-44(46)19-34(44)18-29-17-33(27-52(25-29)39(53)20-43(45)12-13-43)36-11-9-31(23-48-3)42-38(36)7-5-15-50-42/h4-11,14-15,22-23,28-29,32-34H,12-13,16-21,24-27,45-46H2,1-3H3/b47-22+,48-23-/t28-,29-,32+,33+,34?,44?/m1/s1. The molecule has 2 amide bonds. The molecule has 4 fully saturated rings. The van der Waals surface area contributed by atoms with E-state index in [1.54, 1.807) is 14.1 Å². The molecule has 10 heteroatoms. The third-order valence-electron chi connectivity index (χ3n) is 12.8. The zero-order valence-electron chi connectivity index (χ0n) is 32.0. The number of pyridine rings is 2. The van der Waals surface area contributed by atoms with E-state index >= 15 is 0 Å². The summed E-state index contributed by atoms with van der Waals surface area (Å²) < 4.78 is 0. The molecule has 54 heavy (non-hydrogen) atoms. The van der Waals surface area contributed by atoms with Crippen LogP contribution in [0.2, 0.25) is 0 Å².